The molecule has 0 fully saturated rings. The molecule has 2 amide bonds. The molecule has 1 heterocycles. The molecule has 0 aromatic heterocycles. The standard InChI is InChI=1S/C19H19FN2O3/c1-3-25-15-8-9-17-16(10-15)18(21-12(2)23)19(24)22(17)11-13-4-6-14(20)7-5-13/h4-10,18H,3,11H2,1-2H3,(H,21,23). The van der Waals surface area contributed by atoms with Crippen LogP contribution < -0.4 is 15.0 Å². The van der Waals surface area contributed by atoms with E-state index < -0.39 is 6.04 Å². The minimum Gasteiger partial charge on any atom is -0.494 e. The Hall–Kier alpha value is -2.89. The first-order valence-electron chi connectivity index (χ1n) is 8.09. The van der Waals surface area contributed by atoms with Crippen molar-refractivity contribution >= 4 is 17.5 Å². The smallest absolute Gasteiger partial charge is 0.254 e. The fraction of sp³-hybridized carbons (Fsp3) is 0.263. The van der Waals surface area contributed by atoms with Crippen LogP contribution in [0.1, 0.15) is 31.0 Å². The summed E-state index contributed by atoms with van der Waals surface area (Å²) in [5.41, 5.74) is 2.22. The fourth-order valence-electron chi connectivity index (χ4n) is 2.95. The third-order valence-electron chi connectivity index (χ3n) is 4.03. The number of fused-ring (bicyclic) bond motifs is 1. The highest BCUT2D eigenvalue weighted by atomic mass is 19.1. The van der Waals surface area contributed by atoms with Gasteiger partial charge in [-0.1, -0.05) is 12.1 Å². The number of ether oxygens (including phenoxy) is 1. The van der Waals surface area contributed by atoms with Gasteiger partial charge < -0.3 is 15.0 Å². The maximum absolute atomic E-state index is 13.1. The van der Waals surface area contributed by atoms with Crippen LogP contribution in [0.5, 0.6) is 5.75 Å². The molecule has 5 nitrogen and oxygen atoms in total. The number of benzene rings is 2. The molecule has 1 unspecified atom stereocenters. The number of carbonyl (C=O) groups is 2. The van der Waals surface area contributed by atoms with E-state index in [0.29, 0.717) is 24.5 Å². The Bertz CT molecular complexity index is 805. The zero-order chi connectivity index (χ0) is 18.0. The van der Waals surface area contributed by atoms with Gasteiger partial charge in [-0.15, -0.1) is 0 Å². The van der Waals surface area contributed by atoms with Gasteiger partial charge in [0.1, 0.15) is 17.6 Å². The zero-order valence-corrected chi connectivity index (χ0v) is 14.1. The molecule has 130 valence electrons. The first-order chi connectivity index (χ1) is 12.0. The summed E-state index contributed by atoms with van der Waals surface area (Å²) in [6.07, 6.45) is 0. The Kier molecular flexibility index (Phi) is 4.70. The SMILES string of the molecule is CCOc1ccc2c(c1)C(NC(C)=O)C(=O)N2Cc1ccc(F)cc1. The summed E-state index contributed by atoms with van der Waals surface area (Å²) in [4.78, 5) is 25.9. The zero-order valence-electron chi connectivity index (χ0n) is 14.1. The van der Waals surface area contributed by atoms with Crippen molar-refractivity contribution in [3.63, 3.8) is 0 Å². The van der Waals surface area contributed by atoms with Crippen LogP contribution in [0.2, 0.25) is 0 Å². The maximum Gasteiger partial charge on any atom is 0.254 e. The molecule has 6 heteroatoms. The average molecular weight is 342 g/mol. The van der Waals surface area contributed by atoms with E-state index in [1.54, 1.807) is 29.2 Å². The van der Waals surface area contributed by atoms with Gasteiger partial charge in [0.2, 0.25) is 5.91 Å². The van der Waals surface area contributed by atoms with Gasteiger partial charge in [0.05, 0.1) is 18.8 Å². The van der Waals surface area contributed by atoms with Crippen molar-refractivity contribution in [2.75, 3.05) is 11.5 Å². The number of halogens is 1. The highest BCUT2D eigenvalue weighted by Gasteiger charge is 2.38. The van der Waals surface area contributed by atoms with Crippen molar-refractivity contribution < 1.29 is 18.7 Å². The summed E-state index contributed by atoms with van der Waals surface area (Å²) < 4.78 is 18.6. The van der Waals surface area contributed by atoms with Crippen molar-refractivity contribution in [3.8, 4) is 5.75 Å². The van der Waals surface area contributed by atoms with Gasteiger partial charge in [-0.2, -0.15) is 0 Å². The van der Waals surface area contributed by atoms with Crippen LogP contribution >= 0.6 is 0 Å². The van der Waals surface area contributed by atoms with Crippen LogP contribution in [0.4, 0.5) is 10.1 Å². The molecule has 0 saturated carbocycles. The van der Waals surface area contributed by atoms with Gasteiger partial charge in [-0.3, -0.25) is 9.59 Å². The normalized spacial score (nSPS) is 15.9. The summed E-state index contributed by atoms with van der Waals surface area (Å²) in [7, 11) is 0. The highest BCUT2D eigenvalue weighted by Crippen LogP contribution is 2.39. The third-order valence-corrected chi connectivity index (χ3v) is 4.03. The molecule has 0 bridgehead atoms. The third kappa shape index (κ3) is 3.47. The molecule has 2 aromatic carbocycles. The number of hydrogen-bond donors (Lipinski definition) is 1. The van der Waals surface area contributed by atoms with Crippen molar-refractivity contribution in [1.29, 1.82) is 0 Å². The van der Waals surface area contributed by atoms with Gasteiger partial charge in [0.25, 0.3) is 5.91 Å². The van der Waals surface area contributed by atoms with E-state index in [4.69, 9.17) is 4.74 Å². The topological polar surface area (TPSA) is 58.6 Å². The molecular formula is C19H19FN2O3. The lowest BCUT2D eigenvalue weighted by Gasteiger charge is -2.18. The molecule has 3 rings (SSSR count). The van der Waals surface area contributed by atoms with Crippen LogP contribution in [0.15, 0.2) is 42.5 Å². The second-order valence-electron chi connectivity index (χ2n) is 5.84. The van der Waals surface area contributed by atoms with Gasteiger partial charge >= 0.3 is 0 Å². The summed E-state index contributed by atoms with van der Waals surface area (Å²) in [6, 6.07) is 10.6. The van der Waals surface area contributed by atoms with Crippen LogP contribution in [0.25, 0.3) is 0 Å². The van der Waals surface area contributed by atoms with Gasteiger partial charge in [0.15, 0.2) is 0 Å². The number of amides is 2. The van der Waals surface area contributed by atoms with Crippen LogP contribution in [-0.2, 0) is 16.1 Å². The molecule has 2 aromatic rings. The largest absolute Gasteiger partial charge is 0.494 e. The first-order valence-corrected chi connectivity index (χ1v) is 8.09. The molecule has 25 heavy (non-hydrogen) atoms. The molecular weight excluding hydrogens is 323 g/mol. The predicted molar refractivity (Wildman–Crippen MR) is 91.8 cm³/mol. The summed E-state index contributed by atoms with van der Waals surface area (Å²) >= 11 is 0. The second-order valence-corrected chi connectivity index (χ2v) is 5.84. The van der Waals surface area contributed by atoms with E-state index in [9.17, 15) is 14.0 Å². The fourth-order valence-corrected chi connectivity index (χ4v) is 2.95. The molecule has 0 spiro atoms. The lowest BCUT2D eigenvalue weighted by atomic mass is 10.1. The Balaban J connectivity index is 1.96. The van der Waals surface area contributed by atoms with Crippen molar-refractivity contribution in [1.82, 2.24) is 5.32 Å². The van der Waals surface area contributed by atoms with E-state index in [0.717, 1.165) is 11.3 Å². The lowest BCUT2D eigenvalue weighted by Crippen LogP contribution is -2.36. The minimum absolute atomic E-state index is 0.219. The maximum atomic E-state index is 13.1. The number of nitrogens with one attached hydrogen (secondary N) is 1. The van der Waals surface area contributed by atoms with Crippen LogP contribution in [0, 0.1) is 5.82 Å². The Morgan fingerprint density at radius 3 is 2.60 bits per heavy atom. The number of hydrogen-bond acceptors (Lipinski definition) is 3. The second kappa shape index (κ2) is 6.93. The van der Waals surface area contributed by atoms with Crippen molar-refractivity contribution in [2.45, 2.75) is 26.4 Å². The van der Waals surface area contributed by atoms with Gasteiger partial charge in [0, 0.05) is 12.5 Å². The Morgan fingerprint density at radius 1 is 1.24 bits per heavy atom. The van der Waals surface area contributed by atoms with E-state index in [-0.39, 0.29) is 17.6 Å². The van der Waals surface area contributed by atoms with E-state index in [1.807, 2.05) is 13.0 Å². The minimum atomic E-state index is -0.742. The van der Waals surface area contributed by atoms with Gasteiger partial charge in [-0.25, -0.2) is 4.39 Å². The molecule has 1 aliphatic rings. The molecule has 1 aliphatic heterocycles. The van der Waals surface area contributed by atoms with Crippen LogP contribution in [0.3, 0.4) is 0 Å². The molecule has 1 atom stereocenters. The van der Waals surface area contributed by atoms with E-state index >= 15 is 0 Å². The van der Waals surface area contributed by atoms with E-state index in [1.165, 1.54) is 19.1 Å². The quantitative estimate of drug-likeness (QED) is 0.909. The summed E-state index contributed by atoms with van der Waals surface area (Å²) in [5, 5.41) is 2.70. The van der Waals surface area contributed by atoms with Crippen molar-refractivity contribution in [3.05, 3.63) is 59.4 Å². The highest BCUT2D eigenvalue weighted by molar-refractivity contribution is 6.06. The lowest BCUT2D eigenvalue weighted by molar-refractivity contribution is -0.126. The Labute approximate surface area is 145 Å². The number of anilines is 1. The summed E-state index contributed by atoms with van der Waals surface area (Å²) in [6.45, 7) is 4.07. The van der Waals surface area contributed by atoms with E-state index in [2.05, 4.69) is 5.32 Å². The monoisotopic (exact) mass is 342 g/mol. The van der Waals surface area contributed by atoms with Gasteiger partial charge in [-0.05, 0) is 42.8 Å². The van der Waals surface area contributed by atoms with Crippen molar-refractivity contribution in [2.24, 2.45) is 0 Å². The first kappa shape index (κ1) is 17.0. The Morgan fingerprint density at radius 2 is 1.96 bits per heavy atom. The molecule has 0 aliphatic carbocycles. The average Bonchev–Trinajstić information content (AvgIpc) is 2.82. The summed E-state index contributed by atoms with van der Waals surface area (Å²) in [5.74, 6) is -0.180. The number of carbonyl (C=O) groups excluding carboxylic acids is 2. The molecule has 1 N–H and O–H groups in total. The number of nitrogens with zero attached hydrogens (tertiary/aromatic N) is 1. The molecule has 0 radical (unpaired) electrons. The predicted octanol–water partition coefficient (Wildman–Crippen LogP) is 2.95. The molecule has 0 saturated heterocycles. The number of rotatable bonds is 5. The van der Waals surface area contributed by atoms with Crippen LogP contribution in [-0.4, -0.2) is 18.4 Å².